The Kier molecular flexibility index (Phi) is 4.84. The number of hydrogen-bond acceptors (Lipinski definition) is 3. The van der Waals surface area contributed by atoms with Crippen LogP contribution in [0.2, 0.25) is 10.0 Å². The number of fused-ring (bicyclic) bond motifs is 1. The molecule has 0 atom stereocenters. The maximum atomic E-state index is 12.5. The van der Waals surface area contributed by atoms with Gasteiger partial charge in [0, 0.05) is 11.6 Å². The molecule has 2 aromatic carbocycles. The fourth-order valence-electron chi connectivity index (χ4n) is 2.30. The number of aromatic nitrogens is 2. The lowest BCUT2D eigenvalue weighted by Crippen LogP contribution is -2.21. The Morgan fingerprint density at radius 1 is 1.13 bits per heavy atom. The van der Waals surface area contributed by atoms with Gasteiger partial charge in [-0.05, 0) is 30.7 Å². The first-order valence-corrected chi connectivity index (χ1v) is 7.93. The number of aryl methyl sites for hydroxylation is 1. The first kappa shape index (κ1) is 15.8. The predicted octanol–water partition coefficient (Wildman–Crippen LogP) is 4.17. The summed E-state index contributed by atoms with van der Waals surface area (Å²) in [5, 5.41) is 1.23. The molecular formula is C17H14Cl2N2O2. The second-order valence-electron chi connectivity index (χ2n) is 5.04. The molecule has 3 rings (SSSR count). The number of nitrogens with zero attached hydrogens (tertiary/aromatic N) is 2. The fraction of sp³-hybridized carbons (Fsp3) is 0.176. The zero-order valence-corrected chi connectivity index (χ0v) is 13.7. The van der Waals surface area contributed by atoms with Crippen molar-refractivity contribution in [2.45, 2.75) is 13.0 Å². The quantitative estimate of drug-likeness (QED) is 0.650. The number of halogens is 2. The third kappa shape index (κ3) is 3.66. The van der Waals surface area contributed by atoms with Gasteiger partial charge in [-0.1, -0.05) is 41.4 Å². The summed E-state index contributed by atoms with van der Waals surface area (Å²) >= 11 is 12.0. The lowest BCUT2D eigenvalue weighted by molar-refractivity contribution is 0.301. The highest BCUT2D eigenvalue weighted by Gasteiger charge is 2.08. The van der Waals surface area contributed by atoms with E-state index in [1.165, 1.54) is 6.33 Å². The highest BCUT2D eigenvalue weighted by atomic mass is 35.5. The Balaban J connectivity index is 1.71. The molecule has 0 fully saturated rings. The van der Waals surface area contributed by atoms with Crippen LogP contribution in [0.15, 0.2) is 53.6 Å². The van der Waals surface area contributed by atoms with Crippen LogP contribution in [0.25, 0.3) is 10.9 Å². The zero-order chi connectivity index (χ0) is 16.2. The molecule has 0 N–H and O–H groups in total. The Labute approximate surface area is 143 Å². The van der Waals surface area contributed by atoms with Crippen LogP contribution < -0.4 is 10.3 Å². The first-order valence-electron chi connectivity index (χ1n) is 7.17. The van der Waals surface area contributed by atoms with E-state index in [0.717, 1.165) is 5.75 Å². The number of ether oxygens (including phenoxy) is 1. The SMILES string of the molecule is O=c1c2cc(Cl)cc(Cl)c2ncn1CCCOc1ccccc1. The first-order chi connectivity index (χ1) is 11.1. The maximum absolute atomic E-state index is 12.5. The van der Waals surface area contributed by atoms with Crippen molar-refractivity contribution in [1.29, 1.82) is 0 Å². The molecule has 118 valence electrons. The molecule has 0 saturated carbocycles. The standard InChI is InChI=1S/C17H14Cl2N2O2/c18-12-9-14-16(15(19)10-12)20-11-21(17(14)22)7-4-8-23-13-5-2-1-3-6-13/h1-3,5-6,9-11H,4,7-8H2. The van der Waals surface area contributed by atoms with E-state index in [1.54, 1.807) is 16.7 Å². The average molecular weight is 349 g/mol. The van der Waals surface area contributed by atoms with Crippen LogP contribution in [0.3, 0.4) is 0 Å². The summed E-state index contributed by atoms with van der Waals surface area (Å²) in [5.41, 5.74) is 0.317. The van der Waals surface area contributed by atoms with E-state index >= 15 is 0 Å². The smallest absolute Gasteiger partial charge is 0.261 e. The highest BCUT2D eigenvalue weighted by Crippen LogP contribution is 2.23. The molecule has 0 aliphatic heterocycles. The van der Waals surface area contributed by atoms with Gasteiger partial charge in [-0.15, -0.1) is 0 Å². The van der Waals surface area contributed by atoms with Crippen molar-refractivity contribution in [1.82, 2.24) is 9.55 Å². The lowest BCUT2D eigenvalue weighted by Gasteiger charge is -2.09. The minimum absolute atomic E-state index is 0.154. The highest BCUT2D eigenvalue weighted by molar-refractivity contribution is 6.38. The molecule has 3 aromatic rings. The minimum Gasteiger partial charge on any atom is -0.494 e. The maximum Gasteiger partial charge on any atom is 0.261 e. The van der Waals surface area contributed by atoms with Gasteiger partial charge in [0.2, 0.25) is 0 Å². The Bertz CT molecular complexity index is 879. The van der Waals surface area contributed by atoms with Crippen molar-refractivity contribution in [3.05, 3.63) is 69.2 Å². The summed E-state index contributed by atoms with van der Waals surface area (Å²) < 4.78 is 7.16. The van der Waals surface area contributed by atoms with Gasteiger partial charge in [-0.3, -0.25) is 9.36 Å². The third-order valence-corrected chi connectivity index (χ3v) is 3.91. The Hall–Kier alpha value is -2.04. The van der Waals surface area contributed by atoms with E-state index in [9.17, 15) is 4.79 Å². The van der Waals surface area contributed by atoms with Crippen LogP contribution in [-0.2, 0) is 6.54 Å². The Morgan fingerprint density at radius 3 is 2.70 bits per heavy atom. The van der Waals surface area contributed by atoms with Crippen LogP contribution in [0.1, 0.15) is 6.42 Å². The second-order valence-corrected chi connectivity index (χ2v) is 5.89. The van der Waals surface area contributed by atoms with E-state index in [1.807, 2.05) is 30.3 Å². The summed E-state index contributed by atoms with van der Waals surface area (Å²) in [4.78, 5) is 16.7. The minimum atomic E-state index is -0.154. The van der Waals surface area contributed by atoms with E-state index < -0.39 is 0 Å². The largest absolute Gasteiger partial charge is 0.494 e. The molecule has 0 aliphatic carbocycles. The van der Waals surface area contributed by atoms with Crippen LogP contribution in [0.4, 0.5) is 0 Å². The van der Waals surface area contributed by atoms with E-state index in [0.29, 0.717) is 40.5 Å². The van der Waals surface area contributed by atoms with Crippen molar-refractivity contribution in [2.24, 2.45) is 0 Å². The average Bonchev–Trinajstić information content (AvgIpc) is 2.55. The molecule has 0 aliphatic rings. The van der Waals surface area contributed by atoms with Crippen LogP contribution in [0.5, 0.6) is 5.75 Å². The number of rotatable bonds is 5. The topological polar surface area (TPSA) is 44.1 Å². The molecule has 0 unspecified atom stereocenters. The summed E-state index contributed by atoms with van der Waals surface area (Å²) in [7, 11) is 0. The van der Waals surface area contributed by atoms with Crippen molar-refractivity contribution in [2.75, 3.05) is 6.61 Å². The number of benzene rings is 2. The molecule has 0 radical (unpaired) electrons. The molecule has 0 amide bonds. The van der Waals surface area contributed by atoms with Crippen molar-refractivity contribution in [3.63, 3.8) is 0 Å². The number of hydrogen-bond donors (Lipinski definition) is 0. The lowest BCUT2D eigenvalue weighted by atomic mass is 10.2. The van der Waals surface area contributed by atoms with Crippen molar-refractivity contribution in [3.8, 4) is 5.75 Å². The van der Waals surface area contributed by atoms with Gasteiger partial charge in [0.25, 0.3) is 5.56 Å². The van der Waals surface area contributed by atoms with E-state index in [-0.39, 0.29) is 5.56 Å². The van der Waals surface area contributed by atoms with E-state index in [4.69, 9.17) is 27.9 Å². The molecule has 0 saturated heterocycles. The summed E-state index contributed by atoms with van der Waals surface area (Å²) in [6.07, 6.45) is 2.20. The second kappa shape index (κ2) is 7.02. The summed E-state index contributed by atoms with van der Waals surface area (Å²) in [6.45, 7) is 1.03. The molecule has 4 nitrogen and oxygen atoms in total. The van der Waals surface area contributed by atoms with Gasteiger partial charge in [-0.25, -0.2) is 4.98 Å². The van der Waals surface area contributed by atoms with Crippen molar-refractivity contribution >= 4 is 34.1 Å². The van der Waals surface area contributed by atoms with Crippen LogP contribution in [-0.4, -0.2) is 16.2 Å². The molecule has 0 spiro atoms. The molecule has 23 heavy (non-hydrogen) atoms. The fourth-order valence-corrected chi connectivity index (χ4v) is 2.84. The van der Waals surface area contributed by atoms with Gasteiger partial charge in [0.05, 0.1) is 28.9 Å². The number of para-hydroxylation sites is 1. The van der Waals surface area contributed by atoms with E-state index in [2.05, 4.69) is 4.98 Å². The molecule has 6 heteroatoms. The van der Waals surface area contributed by atoms with Crippen molar-refractivity contribution < 1.29 is 4.74 Å². The van der Waals surface area contributed by atoms with Crippen LogP contribution in [0, 0.1) is 0 Å². The normalized spacial score (nSPS) is 10.9. The van der Waals surface area contributed by atoms with Gasteiger partial charge < -0.3 is 4.74 Å². The van der Waals surface area contributed by atoms with Gasteiger partial charge >= 0.3 is 0 Å². The molecule has 1 heterocycles. The summed E-state index contributed by atoms with van der Waals surface area (Å²) in [6, 6.07) is 12.7. The molecule has 1 aromatic heterocycles. The van der Waals surface area contributed by atoms with Gasteiger partial charge in [0.15, 0.2) is 0 Å². The monoisotopic (exact) mass is 348 g/mol. The van der Waals surface area contributed by atoms with Gasteiger partial charge in [-0.2, -0.15) is 0 Å². The molecular weight excluding hydrogens is 335 g/mol. The molecule has 0 bridgehead atoms. The predicted molar refractivity (Wildman–Crippen MR) is 92.6 cm³/mol. The summed E-state index contributed by atoms with van der Waals surface area (Å²) in [5.74, 6) is 0.815. The van der Waals surface area contributed by atoms with Crippen LogP contribution >= 0.6 is 23.2 Å². The zero-order valence-electron chi connectivity index (χ0n) is 12.2. The Morgan fingerprint density at radius 2 is 1.91 bits per heavy atom. The third-order valence-electron chi connectivity index (χ3n) is 3.40. The van der Waals surface area contributed by atoms with Gasteiger partial charge in [0.1, 0.15) is 5.75 Å².